The minimum absolute atomic E-state index is 0.170. The van der Waals surface area contributed by atoms with Crippen LogP contribution in [0.4, 0.5) is 10.1 Å². The molecule has 0 bridgehead atoms. The van der Waals surface area contributed by atoms with Gasteiger partial charge in [0, 0.05) is 22.3 Å². The Labute approximate surface area is 198 Å². The van der Waals surface area contributed by atoms with Gasteiger partial charge in [-0.15, -0.1) is 0 Å². The van der Waals surface area contributed by atoms with E-state index in [2.05, 4.69) is 31.4 Å². The Morgan fingerprint density at radius 1 is 1.19 bits per heavy atom. The highest BCUT2D eigenvalue weighted by atomic mass is 79.9. The van der Waals surface area contributed by atoms with Gasteiger partial charge in [0.25, 0.3) is 5.91 Å². The van der Waals surface area contributed by atoms with Gasteiger partial charge in [0.05, 0.1) is 40.8 Å². The van der Waals surface area contributed by atoms with Crippen molar-refractivity contribution in [3.05, 3.63) is 98.2 Å². The molecule has 164 valence electrons. The van der Waals surface area contributed by atoms with Gasteiger partial charge >= 0.3 is 0 Å². The third-order valence-corrected chi connectivity index (χ3v) is 5.89. The minimum atomic E-state index is -0.392. The van der Waals surface area contributed by atoms with Crippen molar-refractivity contribution < 1.29 is 9.18 Å². The molecule has 2 aromatic carbocycles. The maximum absolute atomic E-state index is 14.2. The predicted molar refractivity (Wildman–Crippen MR) is 126 cm³/mol. The summed E-state index contributed by atoms with van der Waals surface area (Å²) in [7, 11) is 0. The third kappa shape index (κ3) is 4.76. The lowest BCUT2D eigenvalue weighted by molar-refractivity contribution is 0.102. The molecule has 0 saturated carbocycles. The van der Waals surface area contributed by atoms with Crippen LogP contribution in [0.3, 0.4) is 0 Å². The SMILES string of the molecule is Cc1nn(Cc2c(F)cccc2Cl)c(C)c1NC(=O)c1cccc(Cn2cc(Br)cn2)c1. The first-order valence-corrected chi connectivity index (χ1v) is 11.0. The Morgan fingerprint density at radius 3 is 2.69 bits per heavy atom. The summed E-state index contributed by atoms with van der Waals surface area (Å²) in [5.74, 6) is -0.639. The van der Waals surface area contributed by atoms with Crippen molar-refractivity contribution in [2.75, 3.05) is 5.32 Å². The van der Waals surface area contributed by atoms with E-state index in [9.17, 15) is 9.18 Å². The Bertz CT molecular complexity index is 1280. The van der Waals surface area contributed by atoms with Gasteiger partial charge in [-0.2, -0.15) is 10.2 Å². The largest absolute Gasteiger partial charge is 0.319 e. The number of benzene rings is 2. The Morgan fingerprint density at radius 2 is 1.97 bits per heavy atom. The topological polar surface area (TPSA) is 64.7 Å². The van der Waals surface area contributed by atoms with E-state index in [-0.39, 0.29) is 12.5 Å². The zero-order valence-corrected chi connectivity index (χ0v) is 19.8. The summed E-state index contributed by atoms with van der Waals surface area (Å²) in [6.45, 7) is 4.35. The molecule has 0 atom stereocenters. The van der Waals surface area contributed by atoms with E-state index in [1.54, 1.807) is 40.7 Å². The highest BCUT2D eigenvalue weighted by Crippen LogP contribution is 2.25. The zero-order chi connectivity index (χ0) is 22.8. The summed E-state index contributed by atoms with van der Waals surface area (Å²) in [6.07, 6.45) is 3.59. The van der Waals surface area contributed by atoms with Crippen LogP contribution < -0.4 is 5.32 Å². The average molecular weight is 517 g/mol. The van der Waals surface area contributed by atoms with Crippen molar-refractivity contribution in [2.24, 2.45) is 0 Å². The molecule has 1 amide bonds. The fourth-order valence-electron chi connectivity index (χ4n) is 3.47. The molecule has 0 aliphatic carbocycles. The number of carbonyl (C=O) groups is 1. The number of nitrogens with zero attached hydrogens (tertiary/aromatic N) is 4. The van der Waals surface area contributed by atoms with Gasteiger partial charge in [0.2, 0.25) is 0 Å². The molecule has 0 aliphatic heterocycles. The molecule has 0 fully saturated rings. The fourth-order valence-corrected chi connectivity index (χ4v) is 4.02. The molecule has 0 radical (unpaired) electrons. The first-order chi connectivity index (χ1) is 15.3. The van der Waals surface area contributed by atoms with E-state index in [1.807, 2.05) is 31.3 Å². The number of amides is 1. The van der Waals surface area contributed by atoms with E-state index in [0.29, 0.717) is 39.8 Å². The summed E-state index contributed by atoms with van der Waals surface area (Å²) < 4.78 is 18.5. The summed E-state index contributed by atoms with van der Waals surface area (Å²) in [5.41, 5.74) is 3.79. The second-order valence-electron chi connectivity index (χ2n) is 7.41. The number of anilines is 1. The maximum Gasteiger partial charge on any atom is 0.255 e. The van der Waals surface area contributed by atoms with Crippen LogP contribution in [-0.4, -0.2) is 25.5 Å². The third-order valence-electron chi connectivity index (χ3n) is 5.13. The molecule has 4 aromatic rings. The van der Waals surface area contributed by atoms with Crippen LogP contribution in [0.25, 0.3) is 0 Å². The van der Waals surface area contributed by atoms with Crippen molar-refractivity contribution in [2.45, 2.75) is 26.9 Å². The molecule has 2 heterocycles. The first kappa shape index (κ1) is 22.2. The smallest absolute Gasteiger partial charge is 0.255 e. The lowest BCUT2D eigenvalue weighted by Crippen LogP contribution is -2.14. The summed E-state index contributed by atoms with van der Waals surface area (Å²) >= 11 is 9.54. The molecule has 2 aromatic heterocycles. The molecule has 1 N–H and O–H groups in total. The standard InChI is InChI=1S/C23H20BrClFN5O/c1-14-22(15(2)31(29-14)13-19-20(25)7-4-8-21(19)26)28-23(32)17-6-3-5-16(9-17)11-30-12-18(24)10-27-30/h3-10,12H,11,13H2,1-2H3,(H,28,32). The number of carbonyl (C=O) groups excluding carboxylic acids is 1. The minimum Gasteiger partial charge on any atom is -0.319 e. The van der Waals surface area contributed by atoms with Gasteiger partial charge in [0.15, 0.2) is 0 Å². The van der Waals surface area contributed by atoms with E-state index >= 15 is 0 Å². The average Bonchev–Trinajstić information content (AvgIpc) is 3.28. The summed E-state index contributed by atoms with van der Waals surface area (Å²) in [4.78, 5) is 12.9. The number of aromatic nitrogens is 4. The Kier molecular flexibility index (Phi) is 6.43. The number of nitrogens with one attached hydrogen (secondary N) is 1. The van der Waals surface area contributed by atoms with E-state index < -0.39 is 5.82 Å². The lowest BCUT2D eigenvalue weighted by Gasteiger charge is -2.10. The molecule has 4 rings (SSSR count). The van der Waals surface area contributed by atoms with E-state index in [4.69, 9.17) is 11.6 Å². The number of rotatable bonds is 6. The van der Waals surface area contributed by atoms with Crippen molar-refractivity contribution in [1.29, 1.82) is 0 Å². The van der Waals surface area contributed by atoms with Crippen LogP contribution >= 0.6 is 27.5 Å². The van der Waals surface area contributed by atoms with Gasteiger partial charge < -0.3 is 5.32 Å². The number of hydrogen-bond acceptors (Lipinski definition) is 3. The monoisotopic (exact) mass is 515 g/mol. The van der Waals surface area contributed by atoms with Crippen LogP contribution in [-0.2, 0) is 13.1 Å². The van der Waals surface area contributed by atoms with Crippen molar-refractivity contribution in [3.63, 3.8) is 0 Å². The maximum atomic E-state index is 14.2. The van der Waals surface area contributed by atoms with Crippen molar-refractivity contribution >= 4 is 39.1 Å². The highest BCUT2D eigenvalue weighted by Gasteiger charge is 2.17. The molecule has 0 unspecified atom stereocenters. The molecular weight excluding hydrogens is 497 g/mol. The molecular formula is C23H20BrClFN5O. The van der Waals surface area contributed by atoms with Crippen LogP contribution in [0.1, 0.15) is 32.9 Å². The highest BCUT2D eigenvalue weighted by molar-refractivity contribution is 9.10. The number of halogens is 3. The number of hydrogen-bond donors (Lipinski definition) is 1. The summed E-state index contributed by atoms with van der Waals surface area (Å²) in [6, 6.07) is 11.9. The van der Waals surface area contributed by atoms with Crippen LogP contribution in [0.15, 0.2) is 59.3 Å². The first-order valence-electron chi connectivity index (χ1n) is 9.87. The van der Waals surface area contributed by atoms with Gasteiger partial charge in [0.1, 0.15) is 5.82 Å². The second-order valence-corrected chi connectivity index (χ2v) is 8.74. The molecule has 0 spiro atoms. The van der Waals surface area contributed by atoms with Gasteiger partial charge in [-0.3, -0.25) is 14.2 Å². The Balaban J connectivity index is 1.53. The van der Waals surface area contributed by atoms with Crippen molar-refractivity contribution in [1.82, 2.24) is 19.6 Å². The van der Waals surface area contributed by atoms with Gasteiger partial charge in [-0.1, -0.05) is 29.8 Å². The van der Waals surface area contributed by atoms with Gasteiger partial charge in [-0.05, 0) is 59.6 Å². The van der Waals surface area contributed by atoms with Crippen LogP contribution in [0.2, 0.25) is 5.02 Å². The van der Waals surface area contributed by atoms with Gasteiger partial charge in [-0.25, -0.2) is 4.39 Å². The normalized spacial score (nSPS) is 11.0. The van der Waals surface area contributed by atoms with Crippen LogP contribution in [0, 0.1) is 19.7 Å². The number of aryl methyl sites for hydroxylation is 1. The van der Waals surface area contributed by atoms with E-state index in [0.717, 1.165) is 10.0 Å². The lowest BCUT2D eigenvalue weighted by atomic mass is 10.1. The van der Waals surface area contributed by atoms with Crippen LogP contribution in [0.5, 0.6) is 0 Å². The molecule has 0 saturated heterocycles. The molecule has 6 nitrogen and oxygen atoms in total. The predicted octanol–water partition coefficient (Wildman–Crippen LogP) is 5.60. The quantitative estimate of drug-likeness (QED) is 0.363. The zero-order valence-electron chi connectivity index (χ0n) is 17.4. The molecule has 9 heteroatoms. The fraction of sp³-hybridized carbons (Fsp3) is 0.174. The van der Waals surface area contributed by atoms with Crippen molar-refractivity contribution in [3.8, 4) is 0 Å². The second kappa shape index (κ2) is 9.26. The Hall–Kier alpha value is -2.97. The van der Waals surface area contributed by atoms with E-state index in [1.165, 1.54) is 6.07 Å². The molecule has 32 heavy (non-hydrogen) atoms. The molecule has 0 aliphatic rings. The summed E-state index contributed by atoms with van der Waals surface area (Å²) in [5, 5.41) is 12.0.